The molecule has 6 nitrogen and oxygen atoms in total. The first kappa shape index (κ1) is 21.8. The molecule has 0 spiro atoms. The fraction of sp³-hybridized carbons (Fsp3) is 0.278. The van der Waals surface area contributed by atoms with Crippen LogP contribution in [0.3, 0.4) is 0 Å². The van der Waals surface area contributed by atoms with Crippen molar-refractivity contribution in [2.75, 3.05) is 13.6 Å². The molecule has 0 aliphatic carbocycles. The summed E-state index contributed by atoms with van der Waals surface area (Å²) >= 11 is 0. The second-order valence-corrected chi connectivity index (χ2v) is 5.60. The lowest BCUT2D eigenvalue weighted by Crippen LogP contribution is -2.37. The third kappa shape index (κ3) is 6.58. The van der Waals surface area contributed by atoms with Gasteiger partial charge in [-0.1, -0.05) is 18.2 Å². The zero-order valence-corrected chi connectivity index (χ0v) is 17.0. The van der Waals surface area contributed by atoms with Gasteiger partial charge >= 0.3 is 0 Å². The van der Waals surface area contributed by atoms with Crippen molar-refractivity contribution in [2.24, 2.45) is 4.99 Å². The highest BCUT2D eigenvalue weighted by molar-refractivity contribution is 14.0. The fourth-order valence-electron chi connectivity index (χ4n) is 2.44. The summed E-state index contributed by atoms with van der Waals surface area (Å²) in [5.74, 6) is 0.370. The summed E-state index contributed by atoms with van der Waals surface area (Å²) in [7, 11) is 1.66. The summed E-state index contributed by atoms with van der Waals surface area (Å²) < 4.78 is 13.1. The average molecular weight is 472 g/mol. The number of non-ortho nitro benzene ring substituents is 1. The molecule has 0 aliphatic rings. The van der Waals surface area contributed by atoms with Crippen LogP contribution >= 0.6 is 24.0 Å². The minimum absolute atomic E-state index is 0. The Morgan fingerprint density at radius 2 is 2.00 bits per heavy atom. The third-order valence-electron chi connectivity index (χ3n) is 3.80. The Labute approximate surface area is 169 Å². The van der Waals surface area contributed by atoms with E-state index in [9.17, 15) is 14.5 Å². The van der Waals surface area contributed by atoms with Gasteiger partial charge in [-0.25, -0.2) is 4.39 Å². The molecule has 8 heteroatoms. The molecule has 2 N–H and O–H groups in total. The van der Waals surface area contributed by atoms with E-state index < -0.39 is 4.92 Å². The molecule has 0 fully saturated rings. The van der Waals surface area contributed by atoms with Crippen molar-refractivity contribution in [3.8, 4) is 0 Å². The fourth-order valence-corrected chi connectivity index (χ4v) is 2.44. The number of hydrogen-bond donors (Lipinski definition) is 2. The van der Waals surface area contributed by atoms with E-state index in [1.54, 1.807) is 19.2 Å². The van der Waals surface area contributed by atoms with Gasteiger partial charge in [0, 0.05) is 32.3 Å². The summed E-state index contributed by atoms with van der Waals surface area (Å²) in [6.45, 7) is 2.95. The molecule has 0 unspecified atom stereocenters. The molecular formula is C18H22FIN4O2. The highest BCUT2D eigenvalue weighted by Crippen LogP contribution is 2.13. The van der Waals surface area contributed by atoms with Gasteiger partial charge in [-0.15, -0.1) is 24.0 Å². The van der Waals surface area contributed by atoms with Crippen molar-refractivity contribution in [1.82, 2.24) is 10.6 Å². The molecule has 0 radical (unpaired) electrons. The topological polar surface area (TPSA) is 79.6 Å². The molecule has 2 rings (SSSR count). The second-order valence-electron chi connectivity index (χ2n) is 5.60. The van der Waals surface area contributed by atoms with Gasteiger partial charge in [0.25, 0.3) is 5.69 Å². The number of nitro benzene ring substituents is 1. The molecule has 0 saturated heterocycles. The van der Waals surface area contributed by atoms with Crippen LogP contribution < -0.4 is 10.6 Å². The van der Waals surface area contributed by atoms with E-state index >= 15 is 0 Å². The Bertz CT molecular complexity index is 784. The zero-order valence-electron chi connectivity index (χ0n) is 14.7. The Kier molecular flexibility index (Phi) is 8.97. The van der Waals surface area contributed by atoms with Crippen molar-refractivity contribution in [3.63, 3.8) is 0 Å². The number of hydrogen-bond acceptors (Lipinski definition) is 3. The first-order valence-electron chi connectivity index (χ1n) is 7.92. The summed E-state index contributed by atoms with van der Waals surface area (Å²) in [4.78, 5) is 14.5. The van der Waals surface area contributed by atoms with Crippen LogP contribution in [-0.4, -0.2) is 24.5 Å². The van der Waals surface area contributed by atoms with Crippen LogP contribution in [0.1, 0.15) is 16.7 Å². The Morgan fingerprint density at radius 1 is 1.23 bits per heavy atom. The van der Waals surface area contributed by atoms with Crippen LogP contribution in [0.25, 0.3) is 0 Å². The van der Waals surface area contributed by atoms with E-state index in [2.05, 4.69) is 15.6 Å². The Morgan fingerprint density at radius 3 is 2.65 bits per heavy atom. The highest BCUT2D eigenvalue weighted by atomic mass is 127. The van der Waals surface area contributed by atoms with Gasteiger partial charge in [-0.05, 0) is 42.2 Å². The van der Waals surface area contributed by atoms with E-state index in [1.807, 2.05) is 13.0 Å². The monoisotopic (exact) mass is 472 g/mol. The molecule has 140 valence electrons. The average Bonchev–Trinajstić information content (AvgIpc) is 2.59. The molecule has 26 heavy (non-hydrogen) atoms. The number of benzene rings is 2. The molecule has 0 aliphatic heterocycles. The molecule has 0 saturated carbocycles. The number of rotatable bonds is 6. The van der Waals surface area contributed by atoms with E-state index in [-0.39, 0.29) is 35.5 Å². The Hall–Kier alpha value is -2.23. The van der Waals surface area contributed by atoms with E-state index in [0.29, 0.717) is 19.0 Å². The number of nitrogens with one attached hydrogen (secondary N) is 2. The maximum Gasteiger partial charge on any atom is 0.269 e. The normalized spacial score (nSPS) is 10.8. The van der Waals surface area contributed by atoms with E-state index in [1.165, 1.54) is 24.3 Å². The van der Waals surface area contributed by atoms with Crippen molar-refractivity contribution in [1.29, 1.82) is 0 Å². The summed E-state index contributed by atoms with van der Waals surface area (Å²) in [5.41, 5.74) is 2.85. The second kappa shape index (κ2) is 10.7. The Balaban J connectivity index is 0.00000338. The number of aryl methyl sites for hydroxylation is 1. The largest absolute Gasteiger partial charge is 0.356 e. The van der Waals surface area contributed by atoms with Crippen molar-refractivity contribution >= 4 is 35.6 Å². The molecule has 0 aromatic heterocycles. The first-order valence-corrected chi connectivity index (χ1v) is 7.92. The molecule has 2 aromatic carbocycles. The number of nitro groups is 1. The van der Waals surface area contributed by atoms with Crippen LogP contribution in [-0.2, 0) is 13.0 Å². The molecular weight excluding hydrogens is 450 g/mol. The van der Waals surface area contributed by atoms with Crippen LogP contribution in [0.15, 0.2) is 47.5 Å². The molecule has 0 amide bonds. The maximum absolute atomic E-state index is 13.1. The van der Waals surface area contributed by atoms with Gasteiger partial charge in [0.15, 0.2) is 5.96 Å². The standard InChI is InChI=1S/C18H21FN4O2.HI/c1-13-10-16(19)7-6-15(13)8-9-21-18(20-2)22-12-14-4-3-5-17(11-14)23(24)25;/h3-7,10-11H,8-9,12H2,1-2H3,(H2,20,21,22);1H. The van der Waals surface area contributed by atoms with Crippen LogP contribution in [0.5, 0.6) is 0 Å². The maximum atomic E-state index is 13.1. The number of aliphatic imine (C=N–C) groups is 1. The lowest BCUT2D eigenvalue weighted by Gasteiger charge is -2.12. The van der Waals surface area contributed by atoms with Crippen LogP contribution in [0, 0.1) is 22.9 Å². The smallest absolute Gasteiger partial charge is 0.269 e. The summed E-state index contributed by atoms with van der Waals surface area (Å²) in [5, 5.41) is 17.1. The van der Waals surface area contributed by atoms with Crippen molar-refractivity contribution < 1.29 is 9.31 Å². The van der Waals surface area contributed by atoms with Crippen molar-refractivity contribution in [3.05, 3.63) is 75.1 Å². The minimum atomic E-state index is -0.415. The minimum Gasteiger partial charge on any atom is -0.356 e. The lowest BCUT2D eigenvalue weighted by molar-refractivity contribution is -0.384. The number of guanidine groups is 1. The SMILES string of the molecule is CN=C(NCCc1ccc(F)cc1C)NCc1cccc([N+](=O)[O-])c1.I. The highest BCUT2D eigenvalue weighted by Gasteiger charge is 2.06. The van der Waals surface area contributed by atoms with Crippen molar-refractivity contribution in [2.45, 2.75) is 19.9 Å². The lowest BCUT2D eigenvalue weighted by atomic mass is 10.1. The third-order valence-corrected chi connectivity index (χ3v) is 3.80. The number of nitrogens with zero attached hydrogens (tertiary/aromatic N) is 2. The zero-order chi connectivity index (χ0) is 18.2. The molecule has 0 bridgehead atoms. The molecule has 2 aromatic rings. The van der Waals surface area contributed by atoms with Crippen LogP contribution in [0.2, 0.25) is 0 Å². The summed E-state index contributed by atoms with van der Waals surface area (Å²) in [6, 6.07) is 11.2. The molecule has 0 heterocycles. The van der Waals surface area contributed by atoms with Gasteiger partial charge in [0.05, 0.1) is 4.92 Å². The van der Waals surface area contributed by atoms with Gasteiger partial charge in [-0.2, -0.15) is 0 Å². The summed E-state index contributed by atoms with van der Waals surface area (Å²) in [6.07, 6.45) is 0.740. The van der Waals surface area contributed by atoms with E-state index in [0.717, 1.165) is 23.1 Å². The first-order chi connectivity index (χ1) is 12.0. The van der Waals surface area contributed by atoms with Crippen LogP contribution in [0.4, 0.5) is 10.1 Å². The predicted octanol–water partition coefficient (Wildman–Crippen LogP) is 3.57. The number of halogens is 2. The van der Waals surface area contributed by atoms with Gasteiger partial charge < -0.3 is 10.6 Å². The quantitative estimate of drug-likeness (QED) is 0.222. The van der Waals surface area contributed by atoms with Gasteiger partial charge in [0.2, 0.25) is 0 Å². The van der Waals surface area contributed by atoms with Gasteiger partial charge in [0.1, 0.15) is 5.82 Å². The van der Waals surface area contributed by atoms with E-state index in [4.69, 9.17) is 0 Å². The van der Waals surface area contributed by atoms with Gasteiger partial charge in [-0.3, -0.25) is 15.1 Å². The molecule has 0 atom stereocenters. The predicted molar refractivity (Wildman–Crippen MR) is 112 cm³/mol.